The van der Waals surface area contributed by atoms with E-state index in [-0.39, 0.29) is 6.10 Å². The van der Waals surface area contributed by atoms with Crippen LogP contribution in [0.3, 0.4) is 0 Å². The van der Waals surface area contributed by atoms with Crippen LogP contribution in [0.4, 0.5) is 0 Å². The molecule has 1 heterocycles. The lowest BCUT2D eigenvalue weighted by Gasteiger charge is -2.23. The third-order valence-electron chi connectivity index (χ3n) is 3.66. The quantitative estimate of drug-likeness (QED) is 0.813. The first-order chi connectivity index (χ1) is 9.78. The van der Waals surface area contributed by atoms with Gasteiger partial charge in [0.25, 0.3) is 0 Å². The fraction of sp³-hybridized carbons (Fsp3) is 0.625. The van der Waals surface area contributed by atoms with Gasteiger partial charge in [-0.1, -0.05) is 6.92 Å². The predicted molar refractivity (Wildman–Crippen MR) is 78.7 cm³/mol. The smallest absolute Gasteiger partial charge is 0.137 e. The van der Waals surface area contributed by atoms with E-state index in [1.54, 1.807) is 4.90 Å². The van der Waals surface area contributed by atoms with Crippen LogP contribution in [0.5, 0.6) is 11.5 Å². The van der Waals surface area contributed by atoms with Gasteiger partial charge in [0.15, 0.2) is 0 Å². The van der Waals surface area contributed by atoms with Gasteiger partial charge in [0, 0.05) is 0 Å². The third-order valence-corrected chi connectivity index (χ3v) is 3.66. The highest BCUT2D eigenvalue weighted by Crippen LogP contribution is 2.18. The molecule has 2 rings (SSSR count). The van der Waals surface area contributed by atoms with Crippen molar-refractivity contribution in [2.24, 2.45) is 0 Å². The van der Waals surface area contributed by atoms with Gasteiger partial charge in [0.1, 0.15) is 37.7 Å². The topological polar surface area (TPSA) is 32.1 Å². The molecule has 0 spiro atoms. The molecule has 1 aliphatic rings. The molecule has 0 aliphatic carbocycles. The second-order valence-electron chi connectivity index (χ2n) is 5.27. The molecule has 1 N–H and O–H groups in total. The highest BCUT2D eigenvalue weighted by Gasteiger charge is 2.13. The van der Waals surface area contributed by atoms with Gasteiger partial charge < -0.3 is 19.1 Å². The molecule has 1 aromatic rings. The van der Waals surface area contributed by atoms with Gasteiger partial charge in [0.2, 0.25) is 0 Å². The second-order valence-corrected chi connectivity index (χ2v) is 5.27. The summed E-state index contributed by atoms with van der Waals surface area (Å²) in [5.74, 6) is 1.82. The summed E-state index contributed by atoms with van der Waals surface area (Å²) in [6.45, 7) is 9.91. The number of benzene rings is 1. The standard InChI is InChI=1S/C16H25NO3/c1-3-14(2)20-16-6-4-15(5-7-16)19-13-10-17-8-11-18-12-9-17/h4-7,14H,3,8-13H2,1-2H3/p+1/t14-/m1/s1. The van der Waals surface area contributed by atoms with Gasteiger partial charge in [-0.3, -0.25) is 0 Å². The maximum atomic E-state index is 5.78. The van der Waals surface area contributed by atoms with Crippen molar-refractivity contribution < 1.29 is 19.1 Å². The van der Waals surface area contributed by atoms with E-state index < -0.39 is 0 Å². The Bertz CT molecular complexity index is 374. The van der Waals surface area contributed by atoms with E-state index in [4.69, 9.17) is 14.2 Å². The zero-order chi connectivity index (χ0) is 14.2. The summed E-state index contributed by atoms with van der Waals surface area (Å²) in [5, 5.41) is 0. The number of hydrogen-bond acceptors (Lipinski definition) is 3. The molecule has 112 valence electrons. The second kappa shape index (κ2) is 8.12. The molecular formula is C16H26NO3+. The number of rotatable bonds is 7. The minimum Gasteiger partial charge on any atom is -0.491 e. The van der Waals surface area contributed by atoms with E-state index >= 15 is 0 Å². The molecule has 0 radical (unpaired) electrons. The van der Waals surface area contributed by atoms with E-state index in [1.165, 1.54) is 0 Å². The van der Waals surface area contributed by atoms with E-state index in [9.17, 15) is 0 Å². The number of morpholine rings is 1. The monoisotopic (exact) mass is 280 g/mol. The molecule has 20 heavy (non-hydrogen) atoms. The van der Waals surface area contributed by atoms with Gasteiger partial charge in [-0.05, 0) is 37.6 Å². The molecule has 0 bridgehead atoms. The molecule has 0 amide bonds. The van der Waals surface area contributed by atoms with Crippen LogP contribution in [0, 0.1) is 0 Å². The Morgan fingerprint density at radius 3 is 2.45 bits per heavy atom. The van der Waals surface area contributed by atoms with Crippen LogP contribution in [-0.2, 0) is 4.74 Å². The van der Waals surface area contributed by atoms with E-state index in [2.05, 4.69) is 13.8 Å². The van der Waals surface area contributed by atoms with Crippen molar-refractivity contribution in [3.63, 3.8) is 0 Å². The van der Waals surface area contributed by atoms with Crippen molar-refractivity contribution in [1.29, 1.82) is 0 Å². The minimum atomic E-state index is 0.256. The zero-order valence-corrected chi connectivity index (χ0v) is 12.6. The number of quaternary nitrogens is 1. The fourth-order valence-corrected chi connectivity index (χ4v) is 2.15. The normalized spacial score (nSPS) is 17.7. The Hall–Kier alpha value is -1.26. The Morgan fingerprint density at radius 2 is 1.80 bits per heavy atom. The molecule has 4 heteroatoms. The van der Waals surface area contributed by atoms with Gasteiger partial charge >= 0.3 is 0 Å². The largest absolute Gasteiger partial charge is 0.491 e. The Kier molecular flexibility index (Phi) is 6.15. The average Bonchev–Trinajstić information content (AvgIpc) is 2.50. The molecule has 1 saturated heterocycles. The number of hydrogen-bond donors (Lipinski definition) is 1. The third kappa shape index (κ3) is 5.02. The first-order valence-corrected chi connectivity index (χ1v) is 7.58. The lowest BCUT2D eigenvalue weighted by atomic mass is 10.3. The summed E-state index contributed by atoms with van der Waals surface area (Å²) in [7, 11) is 0. The molecule has 0 unspecified atom stereocenters. The first kappa shape index (κ1) is 15.1. The van der Waals surface area contributed by atoms with Crippen molar-refractivity contribution in [3.05, 3.63) is 24.3 Å². The van der Waals surface area contributed by atoms with Crippen LogP contribution >= 0.6 is 0 Å². The van der Waals surface area contributed by atoms with Crippen LogP contribution in [0.2, 0.25) is 0 Å². The Balaban J connectivity index is 1.70. The highest BCUT2D eigenvalue weighted by atomic mass is 16.5. The highest BCUT2D eigenvalue weighted by molar-refractivity contribution is 5.31. The summed E-state index contributed by atoms with van der Waals surface area (Å²) < 4.78 is 16.9. The van der Waals surface area contributed by atoms with Crippen LogP contribution < -0.4 is 14.4 Å². The van der Waals surface area contributed by atoms with E-state index in [0.29, 0.717) is 0 Å². The van der Waals surface area contributed by atoms with Crippen molar-refractivity contribution in [2.45, 2.75) is 26.4 Å². The predicted octanol–water partition coefficient (Wildman–Crippen LogP) is 1.16. The molecule has 4 nitrogen and oxygen atoms in total. The summed E-state index contributed by atoms with van der Waals surface area (Å²) in [6.07, 6.45) is 1.27. The van der Waals surface area contributed by atoms with Crippen LogP contribution in [0.25, 0.3) is 0 Å². The Labute approximate surface area is 121 Å². The molecule has 1 fully saturated rings. The van der Waals surface area contributed by atoms with Gasteiger partial charge in [-0.15, -0.1) is 0 Å². The lowest BCUT2D eigenvalue weighted by Crippen LogP contribution is -3.14. The number of nitrogens with one attached hydrogen (secondary N) is 1. The van der Waals surface area contributed by atoms with Crippen molar-refractivity contribution in [3.8, 4) is 11.5 Å². The van der Waals surface area contributed by atoms with Crippen molar-refractivity contribution in [2.75, 3.05) is 39.5 Å². The van der Waals surface area contributed by atoms with Gasteiger partial charge in [-0.2, -0.15) is 0 Å². The number of ether oxygens (including phenoxy) is 3. The first-order valence-electron chi connectivity index (χ1n) is 7.58. The fourth-order valence-electron chi connectivity index (χ4n) is 2.15. The summed E-state index contributed by atoms with van der Waals surface area (Å²) in [5.41, 5.74) is 0. The molecule has 1 atom stereocenters. The summed E-state index contributed by atoms with van der Waals surface area (Å²) >= 11 is 0. The SMILES string of the molecule is CC[C@@H](C)Oc1ccc(OCC[NH+]2CCOCC2)cc1. The van der Waals surface area contributed by atoms with E-state index in [1.807, 2.05) is 24.3 Å². The molecule has 0 aromatic heterocycles. The molecule has 1 aliphatic heterocycles. The van der Waals surface area contributed by atoms with Crippen LogP contribution in [0.15, 0.2) is 24.3 Å². The zero-order valence-electron chi connectivity index (χ0n) is 12.6. The van der Waals surface area contributed by atoms with Crippen molar-refractivity contribution in [1.82, 2.24) is 0 Å². The van der Waals surface area contributed by atoms with E-state index in [0.717, 1.165) is 57.4 Å². The van der Waals surface area contributed by atoms with Gasteiger partial charge in [-0.25, -0.2) is 0 Å². The maximum Gasteiger partial charge on any atom is 0.137 e. The maximum absolute atomic E-state index is 5.78. The van der Waals surface area contributed by atoms with Crippen molar-refractivity contribution >= 4 is 0 Å². The summed E-state index contributed by atoms with van der Waals surface area (Å²) in [4.78, 5) is 1.56. The van der Waals surface area contributed by atoms with Crippen LogP contribution in [-0.4, -0.2) is 45.6 Å². The molecule has 1 aromatic carbocycles. The van der Waals surface area contributed by atoms with Crippen LogP contribution in [0.1, 0.15) is 20.3 Å². The summed E-state index contributed by atoms with van der Waals surface area (Å²) in [6, 6.07) is 7.91. The molecule has 0 saturated carbocycles. The Morgan fingerprint density at radius 1 is 1.15 bits per heavy atom. The minimum absolute atomic E-state index is 0.256. The lowest BCUT2D eigenvalue weighted by molar-refractivity contribution is -0.908. The molecular weight excluding hydrogens is 254 g/mol. The van der Waals surface area contributed by atoms with Gasteiger partial charge in [0.05, 0.1) is 19.3 Å². The average molecular weight is 280 g/mol.